The van der Waals surface area contributed by atoms with Crippen LogP contribution in [0.4, 0.5) is 4.39 Å². The highest BCUT2D eigenvalue weighted by molar-refractivity contribution is 5.92. The molecule has 1 aliphatic rings. The van der Waals surface area contributed by atoms with Gasteiger partial charge in [-0.25, -0.2) is 4.39 Å². The van der Waals surface area contributed by atoms with Crippen LogP contribution in [0.2, 0.25) is 0 Å². The van der Waals surface area contributed by atoms with Crippen molar-refractivity contribution in [2.45, 2.75) is 47.5 Å². The second-order valence-corrected chi connectivity index (χ2v) is 8.41. The molecule has 1 heterocycles. The Kier molecular flexibility index (Phi) is 16.3. The number of carbonyl (C=O) groups excluding carboxylic acids is 2. The molecule has 0 bridgehead atoms. The van der Waals surface area contributed by atoms with Crippen molar-refractivity contribution in [1.82, 2.24) is 20.2 Å². The van der Waals surface area contributed by atoms with E-state index in [0.717, 1.165) is 0 Å². The lowest BCUT2D eigenvalue weighted by molar-refractivity contribution is -0.117. The number of aliphatic hydroxyl groups excluding tert-OH is 1. The molecule has 1 saturated heterocycles. The van der Waals surface area contributed by atoms with E-state index in [2.05, 4.69) is 10.5 Å². The molecule has 212 valence electrons. The molecule has 0 aromatic carbocycles. The first-order valence-electron chi connectivity index (χ1n) is 12.8. The molecule has 0 aromatic rings. The minimum atomic E-state index is -0.439. The highest BCUT2D eigenvalue weighted by atomic mass is 19.1. The number of allylic oxidation sites excluding steroid dienone is 6. The number of aldehydes is 1. The Bertz CT molecular complexity index is 942. The summed E-state index contributed by atoms with van der Waals surface area (Å²) in [5.74, 6) is -0.432. The van der Waals surface area contributed by atoms with Crippen LogP contribution in [-0.4, -0.2) is 84.5 Å². The summed E-state index contributed by atoms with van der Waals surface area (Å²) in [5, 5.41) is 20.6. The first-order chi connectivity index (χ1) is 18.3. The average Bonchev–Trinajstić information content (AvgIpc) is 2.91. The van der Waals surface area contributed by atoms with Gasteiger partial charge in [0.25, 0.3) is 0 Å². The molecule has 2 N–H and O–H groups in total. The van der Waals surface area contributed by atoms with Gasteiger partial charge in [-0.1, -0.05) is 18.2 Å². The van der Waals surface area contributed by atoms with Gasteiger partial charge in [0.2, 0.25) is 5.91 Å². The largest absolute Gasteiger partial charge is 0.503 e. The van der Waals surface area contributed by atoms with Crippen LogP contribution in [0, 0.1) is 0 Å². The van der Waals surface area contributed by atoms with Crippen LogP contribution in [0.3, 0.4) is 0 Å². The SMILES string of the molecule is C/C=C(/C)O/N=C/CN1CN(CCOCC)C/C(=C(\O)C=O)N1/C=C(\C)C(=O)NCC/C=C\C(F)=C/CC. The molecule has 1 fully saturated rings. The Morgan fingerprint density at radius 2 is 2.05 bits per heavy atom. The number of hydrogen-bond acceptors (Lipinski definition) is 9. The van der Waals surface area contributed by atoms with Gasteiger partial charge in [0.15, 0.2) is 12.0 Å². The number of aliphatic hydroxyl groups is 1. The van der Waals surface area contributed by atoms with Crippen LogP contribution in [0.25, 0.3) is 0 Å². The molecule has 0 unspecified atom stereocenters. The Labute approximate surface area is 225 Å². The number of amides is 1. The fourth-order valence-corrected chi connectivity index (χ4v) is 3.27. The molecule has 1 rings (SSSR count). The number of ether oxygens (including phenoxy) is 1. The van der Waals surface area contributed by atoms with E-state index < -0.39 is 5.76 Å². The second-order valence-electron chi connectivity index (χ2n) is 8.41. The molecule has 38 heavy (non-hydrogen) atoms. The third-order valence-electron chi connectivity index (χ3n) is 5.40. The van der Waals surface area contributed by atoms with Crippen LogP contribution in [0.1, 0.15) is 47.5 Å². The highest BCUT2D eigenvalue weighted by Gasteiger charge is 2.29. The van der Waals surface area contributed by atoms with E-state index in [-0.39, 0.29) is 24.8 Å². The van der Waals surface area contributed by atoms with Crippen LogP contribution >= 0.6 is 0 Å². The fourth-order valence-electron chi connectivity index (χ4n) is 3.27. The maximum Gasteiger partial charge on any atom is 0.248 e. The van der Waals surface area contributed by atoms with Gasteiger partial charge in [-0.2, -0.15) is 5.01 Å². The third kappa shape index (κ3) is 12.3. The number of hydrazine groups is 1. The molecule has 11 heteroatoms. The van der Waals surface area contributed by atoms with Crippen LogP contribution in [-0.2, 0) is 19.2 Å². The number of hydrogen-bond donors (Lipinski definition) is 2. The van der Waals surface area contributed by atoms with Crippen molar-refractivity contribution >= 4 is 18.4 Å². The molecule has 0 saturated carbocycles. The molecular formula is C27H42FN5O5. The van der Waals surface area contributed by atoms with E-state index in [1.807, 2.05) is 30.7 Å². The Hall–Kier alpha value is -3.28. The summed E-state index contributed by atoms with van der Waals surface area (Å²) in [7, 11) is 0. The Balaban J connectivity index is 3.07. The van der Waals surface area contributed by atoms with Crippen LogP contribution in [0.15, 0.2) is 64.3 Å². The lowest BCUT2D eigenvalue weighted by atomic mass is 10.2. The molecule has 0 radical (unpaired) electrons. The smallest absolute Gasteiger partial charge is 0.248 e. The van der Waals surface area contributed by atoms with E-state index in [9.17, 15) is 19.1 Å². The van der Waals surface area contributed by atoms with E-state index in [0.29, 0.717) is 69.1 Å². The van der Waals surface area contributed by atoms with E-state index in [4.69, 9.17) is 9.57 Å². The van der Waals surface area contributed by atoms with Crippen molar-refractivity contribution in [1.29, 1.82) is 0 Å². The van der Waals surface area contributed by atoms with E-state index in [1.165, 1.54) is 12.2 Å². The minimum absolute atomic E-state index is 0.269. The number of nitrogens with one attached hydrogen (secondary N) is 1. The number of halogens is 1. The van der Waals surface area contributed by atoms with E-state index in [1.54, 1.807) is 43.4 Å². The van der Waals surface area contributed by atoms with Crippen LogP contribution < -0.4 is 5.32 Å². The fraction of sp³-hybridized carbons (Fsp3) is 0.519. The maximum absolute atomic E-state index is 13.4. The van der Waals surface area contributed by atoms with Crippen LogP contribution in [0.5, 0.6) is 0 Å². The number of oxime groups is 1. The lowest BCUT2D eigenvalue weighted by Gasteiger charge is -2.44. The van der Waals surface area contributed by atoms with Gasteiger partial charge < -0.3 is 20.0 Å². The highest BCUT2D eigenvalue weighted by Crippen LogP contribution is 2.21. The zero-order valence-corrected chi connectivity index (χ0v) is 23.2. The summed E-state index contributed by atoms with van der Waals surface area (Å²) in [6.07, 6.45) is 10.9. The summed E-state index contributed by atoms with van der Waals surface area (Å²) >= 11 is 0. The van der Waals surface area contributed by atoms with E-state index >= 15 is 0 Å². The zero-order chi connectivity index (χ0) is 28.3. The van der Waals surface area contributed by atoms with Gasteiger partial charge >= 0.3 is 0 Å². The molecular weight excluding hydrogens is 493 g/mol. The normalized spacial score (nSPS) is 17.9. The van der Waals surface area contributed by atoms with Gasteiger partial charge in [-0.05, 0) is 58.8 Å². The first-order valence-corrected chi connectivity index (χ1v) is 12.8. The molecule has 0 aliphatic carbocycles. The first kappa shape index (κ1) is 32.7. The summed E-state index contributed by atoms with van der Waals surface area (Å²) in [4.78, 5) is 31.5. The predicted octanol–water partition coefficient (Wildman–Crippen LogP) is 3.94. The molecule has 0 spiro atoms. The van der Waals surface area contributed by atoms with Gasteiger partial charge in [-0.3, -0.25) is 19.5 Å². The number of carbonyl (C=O) groups is 2. The molecule has 0 aromatic heterocycles. The summed E-state index contributed by atoms with van der Waals surface area (Å²) in [5.41, 5.74) is 0.669. The second kappa shape index (κ2) is 18.9. The molecule has 1 aliphatic heterocycles. The lowest BCUT2D eigenvalue weighted by Crippen LogP contribution is -2.55. The standard InChI is InChI=1S/C27H42FN5O5/c1-6-11-24(28)12-9-10-13-29-27(36)22(4)18-33-25(26(35)20-34)19-31(16-17-37-8-3)21-32(33)15-14-30-38-23(5)7-2/h7,9,11-12,14,18,20,35H,6,8,10,13,15-17,19,21H2,1-5H3,(H,29,36)/b12-9-,22-18+,23-7-,24-11+,26-25+,30-14+. The summed E-state index contributed by atoms with van der Waals surface area (Å²) < 4.78 is 18.9. The number of nitrogens with zero attached hydrogens (tertiary/aromatic N) is 4. The van der Waals surface area contributed by atoms with Crippen molar-refractivity contribution in [3.63, 3.8) is 0 Å². The summed E-state index contributed by atoms with van der Waals surface area (Å²) in [6.45, 7) is 11.9. The number of rotatable bonds is 16. The minimum Gasteiger partial charge on any atom is -0.503 e. The van der Waals surface area contributed by atoms with Crippen molar-refractivity contribution in [3.05, 3.63) is 59.1 Å². The molecule has 1 amide bonds. The van der Waals surface area contributed by atoms with Crippen molar-refractivity contribution in [3.8, 4) is 0 Å². The Morgan fingerprint density at radius 1 is 1.29 bits per heavy atom. The van der Waals surface area contributed by atoms with Gasteiger partial charge in [0.05, 0.1) is 31.7 Å². The predicted molar refractivity (Wildman–Crippen MR) is 146 cm³/mol. The van der Waals surface area contributed by atoms with Gasteiger partial charge in [0, 0.05) is 38.0 Å². The quantitative estimate of drug-likeness (QED) is 0.0582. The maximum atomic E-state index is 13.4. The Morgan fingerprint density at radius 3 is 2.71 bits per heavy atom. The van der Waals surface area contributed by atoms with Crippen molar-refractivity contribution in [2.24, 2.45) is 5.16 Å². The average molecular weight is 536 g/mol. The monoisotopic (exact) mass is 535 g/mol. The molecule has 0 atom stereocenters. The van der Waals surface area contributed by atoms with Gasteiger partial charge in [0.1, 0.15) is 11.6 Å². The topological polar surface area (TPSA) is 107 Å². The van der Waals surface area contributed by atoms with Crippen molar-refractivity contribution < 1.29 is 28.7 Å². The van der Waals surface area contributed by atoms with Crippen molar-refractivity contribution in [2.75, 3.05) is 46.1 Å². The third-order valence-corrected chi connectivity index (χ3v) is 5.40. The van der Waals surface area contributed by atoms with Gasteiger partial charge in [-0.15, -0.1) is 0 Å². The zero-order valence-electron chi connectivity index (χ0n) is 23.2. The summed E-state index contributed by atoms with van der Waals surface area (Å²) in [6, 6.07) is 0. The molecule has 10 nitrogen and oxygen atoms in total.